The Morgan fingerprint density at radius 3 is 2.19 bits per heavy atom. The number of ether oxygens (including phenoxy) is 1. The normalized spacial score (nSPS) is 15.4. The zero-order valence-electron chi connectivity index (χ0n) is 15.1. The fourth-order valence-corrected chi connectivity index (χ4v) is 2.95. The fourth-order valence-electron chi connectivity index (χ4n) is 2.95. The van der Waals surface area contributed by atoms with E-state index in [4.69, 9.17) is 10.5 Å². The van der Waals surface area contributed by atoms with Gasteiger partial charge in [0, 0.05) is 11.8 Å². The number of nitrogens with two attached hydrogens (primary N) is 1. The number of hydrogen-bond donors (Lipinski definition) is 4. The summed E-state index contributed by atoms with van der Waals surface area (Å²) in [5, 5.41) is 28.6. The summed E-state index contributed by atoms with van der Waals surface area (Å²) in [4.78, 5) is 23.8. The number of carbonyl (C=O) groups excluding carboxylic acids is 1. The van der Waals surface area contributed by atoms with Crippen molar-refractivity contribution >= 4 is 11.9 Å². The summed E-state index contributed by atoms with van der Waals surface area (Å²) in [6.07, 6.45) is -0.649. The lowest BCUT2D eigenvalue weighted by Gasteiger charge is -2.31. The molecule has 7 heteroatoms. The highest BCUT2D eigenvalue weighted by atomic mass is 16.5. The molecular formula is C20H23NO6. The number of phenolic OH excluding ortho intramolecular Hbond substituents is 2. The third kappa shape index (κ3) is 4.77. The van der Waals surface area contributed by atoms with Crippen LogP contribution in [0.4, 0.5) is 0 Å². The molecule has 0 bridgehead atoms. The first-order valence-corrected chi connectivity index (χ1v) is 8.48. The molecular weight excluding hydrogens is 350 g/mol. The van der Waals surface area contributed by atoms with E-state index in [0.29, 0.717) is 11.1 Å². The third-order valence-corrected chi connectivity index (χ3v) is 4.67. The molecule has 0 aliphatic heterocycles. The summed E-state index contributed by atoms with van der Waals surface area (Å²) < 4.78 is 5.49. The molecule has 5 N–H and O–H groups in total. The number of rotatable bonds is 7. The van der Waals surface area contributed by atoms with E-state index in [1.54, 1.807) is 44.2 Å². The lowest BCUT2D eigenvalue weighted by molar-refractivity contribution is -0.139. The van der Waals surface area contributed by atoms with Crippen LogP contribution in [-0.4, -0.2) is 39.4 Å². The number of aromatic hydroxyl groups is 2. The van der Waals surface area contributed by atoms with Crippen molar-refractivity contribution in [2.45, 2.75) is 31.9 Å². The minimum Gasteiger partial charge on any atom is -0.504 e. The SMILES string of the molecule is C[C@H](C(c1ccc(O)c(O)c1)[C@H](N)C(=O)O)[C@@H](C)OC(=O)c1ccccc1. The van der Waals surface area contributed by atoms with Crippen LogP contribution in [0.1, 0.15) is 35.7 Å². The van der Waals surface area contributed by atoms with Gasteiger partial charge in [-0.05, 0) is 36.8 Å². The number of carbonyl (C=O) groups is 2. The van der Waals surface area contributed by atoms with Crippen molar-refractivity contribution in [3.05, 3.63) is 59.7 Å². The van der Waals surface area contributed by atoms with Crippen molar-refractivity contribution in [1.29, 1.82) is 0 Å². The number of hydrogen-bond acceptors (Lipinski definition) is 6. The van der Waals surface area contributed by atoms with Crippen molar-refractivity contribution in [3.8, 4) is 11.5 Å². The molecule has 2 aromatic rings. The minimum atomic E-state index is -1.29. The summed E-state index contributed by atoms with van der Waals surface area (Å²) in [5.74, 6) is -3.68. The lowest BCUT2D eigenvalue weighted by Crippen LogP contribution is -2.42. The van der Waals surface area contributed by atoms with Crippen molar-refractivity contribution in [2.24, 2.45) is 11.7 Å². The monoisotopic (exact) mass is 373 g/mol. The van der Waals surface area contributed by atoms with Gasteiger partial charge in [-0.3, -0.25) is 4.79 Å². The number of carboxylic acids is 1. The predicted octanol–water partition coefficient (Wildman–Crippen LogP) is 2.47. The van der Waals surface area contributed by atoms with Crippen LogP contribution in [0.2, 0.25) is 0 Å². The molecule has 0 heterocycles. The Labute approximate surface area is 157 Å². The second-order valence-corrected chi connectivity index (χ2v) is 6.47. The first-order valence-electron chi connectivity index (χ1n) is 8.48. The van der Waals surface area contributed by atoms with Crippen LogP contribution >= 0.6 is 0 Å². The Bertz CT molecular complexity index is 807. The Morgan fingerprint density at radius 1 is 1.00 bits per heavy atom. The Hall–Kier alpha value is -3.06. The van der Waals surface area contributed by atoms with Crippen LogP contribution in [0.5, 0.6) is 11.5 Å². The number of aliphatic carboxylic acids is 1. The molecule has 0 fully saturated rings. The van der Waals surface area contributed by atoms with Crippen molar-refractivity contribution in [3.63, 3.8) is 0 Å². The molecule has 27 heavy (non-hydrogen) atoms. The summed E-state index contributed by atoms with van der Waals surface area (Å²) in [6.45, 7) is 3.38. The van der Waals surface area contributed by atoms with Gasteiger partial charge in [0.2, 0.25) is 0 Å². The first kappa shape index (κ1) is 20.3. The molecule has 0 aromatic heterocycles. The minimum absolute atomic E-state index is 0.322. The molecule has 0 saturated carbocycles. The molecule has 2 aromatic carbocycles. The topological polar surface area (TPSA) is 130 Å². The van der Waals surface area contributed by atoms with Crippen molar-refractivity contribution in [2.75, 3.05) is 0 Å². The maximum atomic E-state index is 12.3. The van der Waals surface area contributed by atoms with Gasteiger partial charge in [0.25, 0.3) is 0 Å². The zero-order chi connectivity index (χ0) is 20.1. The number of phenols is 2. The average Bonchev–Trinajstić information content (AvgIpc) is 2.65. The molecule has 144 valence electrons. The van der Waals surface area contributed by atoms with Crippen LogP contribution in [0.15, 0.2) is 48.5 Å². The van der Waals surface area contributed by atoms with E-state index in [1.165, 1.54) is 18.2 Å². The maximum absolute atomic E-state index is 12.3. The molecule has 0 amide bonds. The van der Waals surface area contributed by atoms with Gasteiger partial charge in [0.1, 0.15) is 12.1 Å². The van der Waals surface area contributed by atoms with E-state index in [2.05, 4.69) is 0 Å². The number of benzene rings is 2. The first-order chi connectivity index (χ1) is 12.7. The Kier molecular flexibility index (Phi) is 6.41. The second-order valence-electron chi connectivity index (χ2n) is 6.47. The molecule has 1 unspecified atom stereocenters. The molecule has 7 nitrogen and oxygen atoms in total. The van der Waals surface area contributed by atoms with E-state index in [0.717, 1.165) is 0 Å². The number of esters is 1. The molecule has 0 saturated heterocycles. The van der Waals surface area contributed by atoms with E-state index in [-0.39, 0.29) is 11.5 Å². The van der Waals surface area contributed by atoms with Gasteiger partial charge in [0.05, 0.1) is 5.56 Å². The van der Waals surface area contributed by atoms with Crippen LogP contribution in [0.3, 0.4) is 0 Å². The van der Waals surface area contributed by atoms with E-state index in [9.17, 15) is 24.9 Å². The molecule has 2 rings (SSSR count). The second kappa shape index (κ2) is 8.55. The Balaban J connectivity index is 2.27. The van der Waals surface area contributed by atoms with Crippen LogP contribution in [0.25, 0.3) is 0 Å². The molecule has 0 radical (unpaired) electrons. The van der Waals surface area contributed by atoms with Gasteiger partial charge < -0.3 is 25.8 Å². The van der Waals surface area contributed by atoms with Gasteiger partial charge in [-0.2, -0.15) is 0 Å². The summed E-state index contributed by atoms with van der Waals surface area (Å²) >= 11 is 0. The smallest absolute Gasteiger partial charge is 0.338 e. The highest BCUT2D eigenvalue weighted by molar-refractivity contribution is 5.89. The standard InChI is InChI=1S/C20H23NO6/c1-11(12(2)27-20(26)13-6-4-3-5-7-13)17(18(21)19(24)25)14-8-9-15(22)16(23)10-14/h3-12,17-18,22-23H,21H2,1-2H3,(H,24,25)/t11-,12+,17?,18-/m0/s1. The highest BCUT2D eigenvalue weighted by Gasteiger charge is 2.35. The van der Waals surface area contributed by atoms with Gasteiger partial charge in [-0.15, -0.1) is 0 Å². The van der Waals surface area contributed by atoms with Crippen molar-refractivity contribution < 1.29 is 29.6 Å². The van der Waals surface area contributed by atoms with Crippen LogP contribution in [-0.2, 0) is 9.53 Å². The zero-order valence-corrected chi connectivity index (χ0v) is 15.1. The molecule has 0 spiro atoms. The Morgan fingerprint density at radius 2 is 1.63 bits per heavy atom. The number of carboxylic acid groups (broad SMARTS) is 1. The third-order valence-electron chi connectivity index (χ3n) is 4.67. The summed E-state index contributed by atoms with van der Waals surface area (Å²) in [6, 6.07) is 11.2. The van der Waals surface area contributed by atoms with E-state index >= 15 is 0 Å². The van der Waals surface area contributed by atoms with Crippen LogP contribution in [0, 0.1) is 5.92 Å². The van der Waals surface area contributed by atoms with E-state index in [1.807, 2.05) is 0 Å². The van der Waals surface area contributed by atoms with Gasteiger partial charge in [-0.1, -0.05) is 31.2 Å². The van der Waals surface area contributed by atoms with Gasteiger partial charge in [-0.25, -0.2) is 4.79 Å². The quantitative estimate of drug-likeness (QED) is 0.433. The highest BCUT2D eigenvalue weighted by Crippen LogP contribution is 2.35. The molecule has 0 aliphatic rings. The summed E-state index contributed by atoms with van der Waals surface area (Å²) in [7, 11) is 0. The average molecular weight is 373 g/mol. The molecule has 0 aliphatic carbocycles. The van der Waals surface area contributed by atoms with Crippen molar-refractivity contribution in [1.82, 2.24) is 0 Å². The fraction of sp³-hybridized carbons (Fsp3) is 0.300. The lowest BCUT2D eigenvalue weighted by atomic mass is 9.79. The van der Waals surface area contributed by atoms with Gasteiger partial charge in [0.15, 0.2) is 11.5 Å². The predicted molar refractivity (Wildman–Crippen MR) is 98.6 cm³/mol. The summed E-state index contributed by atoms with van der Waals surface area (Å²) in [5.41, 5.74) is 6.69. The largest absolute Gasteiger partial charge is 0.504 e. The van der Waals surface area contributed by atoms with Gasteiger partial charge >= 0.3 is 11.9 Å². The maximum Gasteiger partial charge on any atom is 0.338 e. The van der Waals surface area contributed by atoms with E-state index < -0.39 is 35.9 Å². The van der Waals surface area contributed by atoms with Crippen LogP contribution < -0.4 is 5.73 Å². The molecule has 4 atom stereocenters.